The lowest BCUT2D eigenvalue weighted by Crippen LogP contribution is -2.25. The standard InChI is InChI=1S/C11H17N3/c12-6-8-3-4-14-10(5-8)7-13-11(14)9-1-2-9/h7-9H,1-6,12H2. The van der Waals surface area contributed by atoms with E-state index in [1.165, 1.54) is 30.8 Å². The summed E-state index contributed by atoms with van der Waals surface area (Å²) in [6, 6.07) is 0. The lowest BCUT2D eigenvalue weighted by molar-refractivity contribution is 0.390. The van der Waals surface area contributed by atoms with E-state index in [0.29, 0.717) is 5.92 Å². The van der Waals surface area contributed by atoms with E-state index in [-0.39, 0.29) is 0 Å². The van der Waals surface area contributed by atoms with Crippen LogP contribution in [0.3, 0.4) is 0 Å². The van der Waals surface area contributed by atoms with Crippen LogP contribution in [0.2, 0.25) is 0 Å². The van der Waals surface area contributed by atoms with Gasteiger partial charge >= 0.3 is 0 Å². The SMILES string of the molecule is NCC1CCn2c(cnc2C2CC2)C1. The molecule has 1 aromatic heterocycles. The summed E-state index contributed by atoms with van der Waals surface area (Å²) in [5, 5.41) is 0. The minimum atomic E-state index is 0.686. The first-order valence-electron chi connectivity index (χ1n) is 5.63. The molecule has 2 aliphatic rings. The van der Waals surface area contributed by atoms with E-state index in [9.17, 15) is 0 Å². The molecule has 2 heterocycles. The first kappa shape index (κ1) is 8.48. The van der Waals surface area contributed by atoms with Gasteiger partial charge in [-0.05, 0) is 38.1 Å². The summed E-state index contributed by atoms with van der Waals surface area (Å²) in [6.07, 6.45) is 7.12. The zero-order valence-electron chi connectivity index (χ0n) is 8.45. The largest absolute Gasteiger partial charge is 0.332 e. The molecule has 1 fully saturated rings. The molecule has 1 atom stereocenters. The third kappa shape index (κ3) is 1.27. The summed E-state index contributed by atoms with van der Waals surface area (Å²) >= 11 is 0. The van der Waals surface area contributed by atoms with Crippen molar-refractivity contribution in [2.45, 2.75) is 38.1 Å². The Bertz CT molecular complexity index is 338. The number of nitrogens with two attached hydrogens (primary N) is 1. The van der Waals surface area contributed by atoms with Crippen molar-refractivity contribution in [3.05, 3.63) is 17.7 Å². The lowest BCUT2D eigenvalue weighted by Gasteiger charge is -2.23. The maximum atomic E-state index is 5.71. The zero-order chi connectivity index (χ0) is 9.54. The predicted octanol–water partition coefficient (Wildman–Crippen LogP) is 1.28. The minimum Gasteiger partial charge on any atom is -0.332 e. The van der Waals surface area contributed by atoms with E-state index in [2.05, 4.69) is 15.7 Å². The smallest absolute Gasteiger partial charge is 0.111 e. The fourth-order valence-corrected chi connectivity index (χ4v) is 2.43. The highest BCUT2D eigenvalue weighted by Crippen LogP contribution is 2.40. The van der Waals surface area contributed by atoms with Crippen molar-refractivity contribution in [1.82, 2.24) is 9.55 Å². The van der Waals surface area contributed by atoms with E-state index < -0.39 is 0 Å². The van der Waals surface area contributed by atoms with Crippen LogP contribution in [0.4, 0.5) is 0 Å². The molecule has 1 saturated carbocycles. The number of fused-ring (bicyclic) bond motifs is 1. The average molecular weight is 191 g/mol. The normalized spacial score (nSPS) is 26.2. The summed E-state index contributed by atoms with van der Waals surface area (Å²) in [4.78, 5) is 4.55. The molecule has 3 nitrogen and oxygen atoms in total. The minimum absolute atomic E-state index is 0.686. The average Bonchev–Trinajstić information content (AvgIpc) is 2.98. The summed E-state index contributed by atoms with van der Waals surface area (Å²) in [6.45, 7) is 1.97. The molecule has 1 aliphatic heterocycles. The second-order valence-electron chi connectivity index (χ2n) is 4.63. The van der Waals surface area contributed by atoms with Crippen molar-refractivity contribution < 1.29 is 0 Å². The molecular weight excluding hydrogens is 174 g/mol. The highest BCUT2D eigenvalue weighted by molar-refractivity contribution is 5.15. The first-order chi connectivity index (χ1) is 6.88. The van der Waals surface area contributed by atoms with Gasteiger partial charge < -0.3 is 10.3 Å². The Morgan fingerprint density at radius 2 is 2.29 bits per heavy atom. The van der Waals surface area contributed by atoms with E-state index in [1.54, 1.807) is 0 Å². The molecule has 0 radical (unpaired) electrons. The Morgan fingerprint density at radius 3 is 3.00 bits per heavy atom. The van der Waals surface area contributed by atoms with Gasteiger partial charge in [0.25, 0.3) is 0 Å². The summed E-state index contributed by atoms with van der Waals surface area (Å²) in [5.74, 6) is 2.81. The molecule has 0 aromatic carbocycles. The van der Waals surface area contributed by atoms with Gasteiger partial charge in [-0.2, -0.15) is 0 Å². The Balaban J connectivity index is 1.88. The number of hydrogen-bond donors (Lipinski definition) is 1. The summed E-state index contributed by atoms with van der Waals surface area (Å²) < 4.78 is 2.43. The molecule has 0 amide bonds. The molecule has 2 N–H and O–H groups in total. The van der Waals surface area contributed by atoms with Gasteiger partial charge in [0.2, 0.25) is 0 Å². The first-order valence-corrected chi connectivity index (χ1v) is 5.63. The highest BCUT2D eigenvalue weighted by Gasteiger charge is 2.30. The molecule has 1 unspecified atom stereocenters. The van der Waals surface area contributed by atoms with Crippen LogP contribution in [0, 0.1) is 5.92 Å². The van der Waals surface area contributed by atoms with Crippen molar-refractivity contribution >= 4 is 0 Å². The Labute approximate surface area is 84.3 Å². The number of aromatic nitrogens is 2. The Morgan fingerprint density at radius 1 is 1.43 bits per heavy atom. The fourth-order valence-electron chi connectivity index (χ4n) is 2.43. The maximum absolute atomic E-state index is 5.71. The van der Waals surface area contributed by atoms with Gasteiger partial charge in [0, 0.05) is 24.4 Å². The van der Waals surface area contributed by atoms with E-state index in [0.717, 1.165) is 25.4 Å². The van der Waals surface area contributed by atoms with Crippen LogP contribution in [-0.2, 0) is 13.0 Å². The van der Waals surface area contributed by atoms with Gasteiger partial charge in [0.05, 0.1) is 0 Å². The number of imidazole rings is 1. The molecule has 1 aliphatic carbocycles. The fraction of sp³-hybridized carbons (Fsp3) is 0.727. The monoisotopic (exact) mass is 191 g/mol. The van der Waals surface area contributed by atoms with Crippen molar-refractivity contribution in [2.75, 3.05) is 6.54 Å². The number of nitrogens with zero attached hydrogens (tertiary/aromatic N) is 2. The van der Waals surface area contributed by atoms with Crippen LogP contribution >= 0.6 is 0 Å². The van der Waals surface area contributed by atoms with Gasteiger partial charge in [-0.25, -0.2) is 4.98 Å². The highest BCUT2D eigenvalue weighted by atomic mass is 15.1. The third-order valence-electron chi connectivity index (χ3n) is 3.50. The van der Waals surface area contributed by atoms with Gasteiger partial charge in [-0.15, -0.1) is 0 Å². The number of hydrogen-bond acceptors (Lipinski definition) is 2. The predicted molar refractivity (Wildman–Crippen MR) is 55.1 cm³/mol. The molecule has 0 bridgehead atoms. The molecule has 3 rings (SSSR count). The second-order valence-corrected chi connectivity index (χ2v) is 4.63. The van der Waals surface area contributed by atoms with Crippen molar-refractivity contribution in [3.8, 4) is 0 Å². The molecule has 14 heavy (non-hydrogen) atoms. The molecule has 3 heteroatoms. The number of rotatable bonds is 2. The van der Waals surface area contributed by atoms with E-state index >= 15 is 0 Å². The van der Waals surface area contributed by atoms with Gasteiger partial charge in [-0.1, -0.05) is 0 Å². The Hall–Kier alpha value is -0.830. The van der Waals surface area contributed by atoms with Crippen LogP contribution in [0.25, 0.3) is 0 Å². The van der Waals surface area contributed by atoms with Gasteiger partial charge in [0.1, 0.15) is 5.82 Å². The van der Waals surface area contributed by atoms with Gasteiger partial charge in [-0.3, -0.25) is 0 Å². The van der Waals surface area contributed by atoms with Crippen LogP contribution in [0.1, 0.15) is 36.7 Å². The molecule has 76 valence electrons. The van der Waals surface area contributed by atoms with Crippen molar-refractivity contribution in [2.24, 2.45) is 11.7 Å². The van der Waals surface area contributed by atoms with E-state index in [1.807, 2.05) is 0 Å². The quantitative estimate of drug-likeness (QED) is 0.765. The molecular formula is C11H17N3. The molecule has 0 spiro atoms. The zero-order valence-corrected chi connectivity index (χ0v) is 8.45. The van der Waals surface area contributed by atoms with Crippen LogP contribution in [-0.4, -0.2) is 16.1 Å². The van der Waals surface area contributed by atoms with Gasteiger partial charge in [0.15, 0.2) is 0 Å². The van der Waals surface area contributed by atoms with Crippen molar-refractivity contribution in [1.29, 1.82) is 0 Å². The second kappa shape index (κ2) is 3.09. The summed E-state index contributed by atoms with van der Waals surface area (Å²) in [5.41, 5.74) is 7.12. The maximum Gasteiger partial charge on any atom is 0.111 e. The summed E-state index contributed by atoms with van der Waals surface area (Å²) in [7, 11) is 0. The van der Waals surface area contributed by atoms with Crippen molar-refractivity contribution in [3.63, 3.8) is 0 Å². The third-order valence-corrected chi connectivity index (χ3v) is 3.50. The topological polar surface area (TPSA) is 43.8 Å². The molecule has 1 aromatic rings. The molecule has 0 saturated heterocycles. The van der Waals surface area contributed by atoms with Crippen LogP contribution in [0.15, 0.2) is 6.20 Å². The Kier molecular flexibility index (Phi) is 1.87. The lowest BCUT2D eigenvalue weighted by atomic mass is 9.96. The van der Waals surface area contributed by atoms with E-state index in [4.69, 9.17) is 5.73 Å². The van der Waals surface area contributed by atoms with Crippen LogP contribution < -0.4 is 5.73 Å². The van der Waals surface area contributed by atoms with Crippen LogP contribution in [0.5, 0.6) is 0 Å².